The molecule has 0 unspecified atom stereocenters. The second-order valence-electron chi connectivity index (χ2n) is 7.85. The third kappa shape index (κ3) is 3.88. The summed E-state index contributed by atoms with van der Waals surface area (Å²) in [5.74, 6) is -0.288. The zero-order valence-electron chi connectivity index (χ0n) is 15.4. The highest BCUT2D eigenvalue weighted by atomic mass is 19.1. The van der Waals surface area contributed by atoms with E-state index >= 15 is 0 Å². The summed E-state index contributed by atoms with van der Waals surface area (Å²) in [6, 6.07) is 10.3. The van der Waals surface area contributed by atoms with Crippen LogP contribution in [0.3, 0.4) is 0 Å². The van der Waals surface area contributed by atoms with Crippen LogP contribution in [0, 0.1) is 5.82 Å². The smallest absolute Gasteiger partial charge is 0.231 e. The molecule has 1 aromatic heterocycles. The number of rotatable bonds is 3. The number of likely N-dealkylation sites (tertiary alicyclic amines) is 1. The Morgan fingerprint density at radius 3 is 2.70 bits per heavy atom. The van der Waals surface area contributed by atoms with Gasteiger partial charge in [-0.15, -0.1) is 0 Å². The van der Waals surface area contributed by atoms with E-state index in [0.29, 0.717) is 32.4 Å². The van der Waals surface area contributed by atoms with Crippen molar-refractivity contribution in [3.63, 3.8) is 0 Å². The van der Waals surface area contributed by atoms with E-state index in [1.165, 1.54) is 17.7 Å². The van der Waals surface area contributed by atoms with E-state index in [9.17, 15) is 14.3 Å². The maximum Gasteiger partial charge on any atom is 0.231 e. The lowest BCUT2D eigenvalue weighted by atomic mass is 9.83. The molecule has 0 radical (unpaired) electrons. The number of amides is 1. The van der Waals surface area contributed by atoms with Crippen molar-refractivity contribution in [2.75, 3.05) is 13.1 Å². The maximum atomic E-state index is 13.1. The molecule has 1 aliphatic carbocycles. The van der Waals surface area contributed by atoms with Gasteiger partial charge in [0.15, 0.2) is 0 Å². The number of carbonyl (C=O) groups is 1. The minimum atomic E-state index is -0.836. The molecule has 1 atom stereocenters. The zero-order chi connectivity index (χ0) is 18.9. The number of aromatic nitrogens is 1. The summed E-state index contributed by atoms with van der Waals surface area (Å²) in [6.45, 7) is 1.10. The van der Waals surface area contributed by atoms with Gasteiger partial charge in [0.05, 0.1) is 17.2 Å². The van der Waals surface area contributed by atoms with Gasteiger partial charge in [-0.05, 0) is 61.4 Å². The molecule has 4 rings (SSSR count). The van der Waals surface area contributed by atoms with E-state index in [1.807, 2.05) is 11.0 Å². The molecule has 1 N–H and O–H groups in total. The van der Waals surface area contributed by atoms with Crippen molar-refractivity contribution in [2.45, 2.75) is 50.0 Å². The van der Waals surface area contributed by atoms with Crippen molar-refractivity contribution in [3.8, 4) is 0 Å². The van der Waals surface area contributed by atoms with Crippen molar-refractivity contribution in [1.82, 2.24) is 9.88 Å². The molecule has 5 heteroatoms. The minimum absolute atomic E-state index is 0.137. The average Bonchev–Trinajstić information content (AvgIpc) is 2.69. The first-order chi connectivity index (χ1) is 13.0. The van der Waals surface area contributed by atoms with Crippen LogP contribution < -0.4 is 0 Å². The first-order valence-corrected chi connectivity index (χ1v) is 9.73. The van der Waals surface area contributed by atoms with Crippen LogP contribution in [-0.4, -0.2) is 39.6 Å². The average molecular weight is 368 g/mol. The van der Waals surface area contributed by atoms with Gasteiger partial charge < -0.3 is 10.0 Å². The Hall–Kier alpha value is -2.27. The Morgan fingerprint density at radius 2 is 1.96 bits per heavy atom. The molecule has 27 heavy (non-hydrogen) atoms. The van der Waals surface area contributed by atoms with Gasteiger partial charge in [0, 0.05) is 25.7 Å². The highest BCUT2D eigenvalue weighted by Crippen LogP contribution is 2.33. The molecule has 4 nitrogen and oxygen atoms in total. The molecular weight excluding hydrogens is 343 g/mol. The molecule has 142 valence electrons. The van der Waals surface area contributed by atoms with E-state index in [0.717, 1.165) is 30.5 Å². The molecule has 0 spiro atoms. The third-order valence-electron chi connectivity index (χ3n) is 5.95. The molecule has 1 saturated heterocycles. The Bertz CT molecular complexity index is 813. The summed E-state index contributed by atoms with van der Waals surface area (Å²) in [4.78, 5) is 19.4. The Morgan fingerprint density at radius 1 is 1.22 bits per heavy atom. The van der Waals surface area contributed by atoms with Crippen molar-refractivity contribution in [1.29, 1.82) is 0 Å². The molecule has 1 aromatic carbocycles. The highest BCUT2D eigenvalue weighted by molar-refractivity contribution is 5.84. The Labute approximate surface area is 159 Å². The third-order valence-corrected chi connectivity index (χ3v) is 5.95. The summed E-state index contributed by atoms with van der Waals surface area (Å²) >= 11 is 0. The second-order valence-corrected chi connectivity index (χ2v) is 7.85. The highest BCUT2D eigenvalue weighted by Gasteiger charge is 2.37. The van der Waals surface area contributed by atoms with Crippen molar-refractivity contribution >= 4 is 5.91 Å². The zero-order valence-corrected chi connectivity index (χ0v) is 15.4. The van der Waals surface area contributed by atoms with Gasteiger partial charge in [-0.2, -0.15) is 0 Å². The van der Waals surface area contributed by atoms with Crippen molar-refractivity contribution in [3.05, 3.63) is 65.2 Å². The number of hydrogen-bond acceptors (Lipinski definition) is 3. The second kappa shape index (κ2) is 7.39. The molecule has 2 heterocycles. The lowest BCUT2D eigenvalue weighted by molar-refractivity contribution is -0.137. The lowest BCUT2D eigenvalue weighted by Gasteiger charge is -2.40. The minimum Gasteiger partial charge on any atom is -0.389 e. The number of aryl methyl sites for hydroxylation is 1. The first kappa shape index (κ1) is 18.1. The van der Waals surface area contributed by atoms with E-state index in [2.05, 4.69) is 11.1 Å². The standard InChI is InChI=1S/C22H25FN2O2/c23-18-8-6-16(7-9-18)15-22(27)10-13-25(14-11-22)21(26)19-5-1-3-17-4-2-12-24-20(17)19/h2,4,6-9,12,19,27H,1,3,5,10-11,13-15H2/t19-/m1/s1. The van der Waals surface area contributed by atoms with Crippen LogP contribution in [0.4, 0.5) is 4.39 Å². The number of nitrogens with zero attached hydrogens (tertiary/aromatic N) is 2. The predicted molar refractivity (Wildman–Crippen MR) is 101 cm³/mol. The molecule has 1 amide bonds. The van der Waals surface area contributed by atoms with Crippen LogP contribution in [0.2, 0.25) is 0 Å². The quantitative estimate of drug-likeness (QED) is 0.905. The van der Waals surface area contributed by atoms with Crippen LogP contribution in [-0.2, 0) is 17.6 Å². The normalized spacial score (nSPS) is 21.6. The number of aliphatic hydroxyl groups is 1. The number of pyridine rings is 1. The number of hydrogen-bond donors (Lipinski definition) is 1. The number of fused-ring (bicyclic) bond motifs is 1. The van der Waals surface area contributed by atoms with Crippen LogP contribution >= 0.6 is 0 Å². The fourth-order valence-electron chi connectivity index (χ4n) is 4.37. The summed E-state index contributed by atoms with van der Waals surface area (Å²) < 4.78 is 13.1. The monoisotopic (exact) mass is 368 g/mol. The maximum absolute atomic E-state index is 13.1. The van der Waals surface area contributed by atoms with Crippen molar-refractivity contribution < 1.29 is 14.3 Å². The molecule has 1 fully saturated rings. The lowest BCUT2D eigenvalue weighted by Crippen LogP contribution is -2.49. The summed E-state index contributed by atoms with van der Waals surface area (Å²) in [5.41, 5.74) is 2.20. The molecule has 1 aliphatic heterocycles. The van der Waals surface area contributed by atoms with Gasteiger partial charge in [0.25, 0.3) is 0 Å². The molecule has 0 saturated carbocycles. The summed E-state index contributed by atoms with van der Waals surface area (Å²) in [6.07, 6.45) is 6.18. The Balaban J connectivity index is 1.40. The summed E-state index contributed by atoms with van der Waals surface area (Å²) in [5, 5.41) is 10.9. The molecular formula is C22H25FN2O2. The largest absolute Gasteiger partial charge is 0.389 e. The number of carbonyl (C=O) groups excluding carboxylic acids is 1. The van der Waals surface area contributed by atoms with E-state index in [4.69, 9.17) is 0 Å². The van der Waals surface area contributed by atoms with Crippen LogP contribution in [0.25, 0.3) is 0 Å². The van der Waals surface area contributed by atoms with Crippen LogP contribution in [0.5, 0.6) is 0 Å². The summed E-state index contributed by atoms with van der Waals surface area (Å²) in [7, 11) is 0. The van der Waals surface area contributed by atoms with Gasteiger partial charge in [-0.25, -0.2) is 4.39 Å². The number of halogens is 1. The number of benzene rings is 1. The van der Waals surface area contributed by atoms with Gasteiger partial charge in [-0.1, -0.05) is 18.2 Å². The van der Waals surface area contributed by atoms with Crippen molar-refractivity contribution in [2.24, 2.45) is 0 Å². The van der Waals surface area contributed by atoms with Gasteiger partial charge in [0.2, 0.25) is 5.91 Å². The Kier molecular flexibility index (Phi) is 4.96. The van der Waals surface area contributed by atoms with Crippen LogP contribution in [0.1, 0.15) is 48.4 Å². The van der Waals surface area contributed by atoms with Gasteiger partial charge >= 0.3 is 0 Å². The molecule has 2 aromatic rings. The molecule has 2 aliphatic rings. The van der Waals surface area contributed by atoms with Crippen LogP contribution in [0.15, 0.2) is 42.6 Å². The van der Waals surface area contributed by atoms with E-state index in [1.54, 1.807) is 18.3 Å². The fourth-order valence-corrected chi connectivity index (χ4v) is 4.37. The SMILES string of the molecule is O=C([C@@H]1CCCc2cccnc21)N1CCC(O)(Cc2ccc(F)cc2)CC1. The fraction of sp³-hybridized carbons (Fsp3) is 0.455. The van der Waals surface area contributed by atoms with E-state index < -0.39 is 5.60 Å². The first-order valence-electron chi connectivity index (χ1n) is 9.73. The van der Waals surface area contributed by atoms with Gasteiger partial charge in [0.1, 0.15) is 5.82 Å². The topological polar surface area (TPSA) is 53.4 Å². The number of piperidine rings is 1. The predicted octanol–water partition coefficient (Wildman–Crippen LogP) is 3.24. The van der Waals surface area contributed by atoms with Gasteiger partial charge in [-0.3, -0.25) is 9.78 Å². The van der Waals surface area contributed by atoms with E-state index in [-0.39, 0.29) is 17.6 Å². The molecule has 0 bridgehead atoms.